The van der Waals surface area contributed by atoms with E-state index in [1.54, 1.807) is 5.57 Å². The molecule has 1 saturated heterocycles. The molecule has 2 N–H and O–H groups in total. The lowest BCUT2D eigenvalue weighted by atomic mass is 9.47. The van der Waals surface area contributed by atoms with Crippen LogP contribution in [0.1, 0.15) is 97.3 Å². The maximum Gasteiger partial charge on any atom is 0.0691 e. The van der Waals surface area contributed by atoms with Crippen LogP contribution in [0.2, 0.25) is 0 Å². The molecule has 3 heteroatoms. The predicted octanol–water partition coefficient (Wildman–Crippen LogP) is 5.64. The van der Waals surface area contributed by atoms with Gasteiger partial charge in [-0.25, -0.2) is 0 Å². The largest absolute Gasteiger partial charge is 0.393 e. The summed E-state index contributed by atoms with van der Waals surface area (Å²) in [6.07, 6.45) is 17.5. The molecule has 1 heterocycles. The zero-order valence-corrected chi connectivity index (χ0v) is 19.4. The second kappa shape index (κ2) is 7.89. The smallest absolute Gasteiger partial charge is 0.0691 e. The fraction of sp³-hybridized carbons (Fsp3) is 0.926. The minimum absolute atomic E-state index is 0.101. The Kier molecular flexibility index (Phi) is 5.64. The van der Waals surface area contributed by atoms with Crippen molar-refractivity contribution in [2.75, 3.05) is 13.2 Å². The Balaban J connectivity index is 1.25. The third-order valence-corrected chi connectivity index (χ3v) is 10.9. The van der Waals surface area contributed by atoms with Gasteiger partial charge in [-0.15, -0.1) is 0 Å². The fourth-order valence-electron chi connectivity index (χ4n) is 8.90. The molecule has 30 heavy (non-hydrogen) atoms. The van der Waals surface area contributed by atoms with E-state index in [-0.39, 0.29) is 6.10 Å². The van der Waals surface area contributed by atoms with E-state index in [1.165, 1.54) is 51.4 Å². The Morgan fingerprint density at radius 2 is 1.80 bits per heavy atom. The highest BCUT2D eigenvalue weighted by Gasteiger charge is 2.58. The third-order valence-electron chi connectivity index (χ3n) is 10.9. The molecule has 3 nitrogen and oxygen atoms in total. The van der Waals surface area contributed by atoms with Crippen LogP contribution in [-0.4, -0.2) is 35.1 Å². The molecular weight excluding hydrogens is 372 g/mol. The average molecular weight is 417 g/mol. The Labute approximate surface area is 183 Å². The number of hydrogen-bond acceptors (Lipinski definition) is 3. The summed E-state index contributed by atoms with van der Waals surface area (Å²) in [5, 5.41) is 21.1. The number of allylic oxidation sites excluding steroid dienone is 1. The Morgan fingerprint density at radius 1 is 1.00 bits per heavy atom. The molecule has 0 aromatic rings. The van der Waals surface area contributed by atoms with Gasteiger partial charge in [0.1, 0.15) is 0 Å². The van der Waals surface area contributed by atoms with Crippen molar-refractivity contribution in [1.82, 2.24) is 0 Å². The number of ether oxygens (including phenoxy) is 1. The minimum atomic E-state index is -0.459. The summed E-state index contributed by atoms with van der Waals surface area (Å²) in [6, 6.07) is 0. The summed E-state index contributed by atoms with van der Waals surface area (Å²) in [7, 11) is 0. The molecule has 0 amide bonds. The average Bonchev–Trinajstić information content (AvgIpc) is 3.05. The van der Waals surface area contributed by atoms with E-state index in [0.717, 1.165) is 69.0 Å². The van der Waals surface area contributed by atoms with Gasteiger partial charge in [0.05, 0.1) is 11.7 Å². The molecule has 1 aliphatic heterocycles. The summed E-state index contributed by atoms with van der Waals surface area (Å²) >= 11 is 0. The van der Waals surface area contributed by atoms with Gasteiger partial charge in [-0.05, 0) is 112 Å². The van der Waals surface area contributed by atoms with Gasteiger partial charge in [0, 0.05) is 13.2 Å². The highest BCUT2D eigenvalue weighted by atomic mass is 16.5. The minimum Gasteiger partial charge on any atom is -0.393 e. The molecule has 0 aromatic heterocycles. The summed E-state index contributed by atoms with van der Waals surface area (Å²) in [4.78, 5) is 0. The molecular formula is C27H44O3. The molecule has 7 atom stereocenters. The second-order valence-corrected chi connectivity index (χ2v) is 12.2. The normalized spacial score (nSPS) is 47.7. The molecule has 0 spiro atoms. The number of fused-ring (bicyclic) bond motifs is 5. The topological polar surface area (TPSA) is 49.7 Å². The maximum atomic E-state index is 10.8. The van der Waals surface area contributed by atoms with Gasteiger partial charge < -0.3 is 14.9 Å². The van der Waals surface area contributed by atoms with E-state index in [1.807, 2.05) is 0 Å². The van der Waals surface area contributed by atoms with Gasteiger partial charge in [0.15, 0.2) is 0 Å². The van der Waals surface area contributed by atoms with Crippen molar-refractivity contribution in [1.29, 1.82) is 0 Å². The number of aliphatic hydroxyl groups is 2. The molecule has 0 bridgehead atoms. The van der Waals surface area contributed by atoms with Crippen LogP contribution in [0.5, 0.6) is 0 Å². The van der Waals surface area contributed by atoms with Gasteiger partial charge >= 0.3 is 0 Å². The van der Waals surface area contributed by atoms with Crippen LogP contribution in [-0.2, 0) is 4.74 Å². The van der Waals surface area contributed by atoms with Crippen molar-refractivity contribution in [2.24, 2.45) is 34.5 Å². The summed E-state index contributed by atoms with van der Waals surface area (Å²) < 4.78 is 5.45. The van der Waals surface area contributed by atoms with Crippen LogP contribution in [0.15, 0.2) is 11.6 Å². The summed E-state index contributed by atoms with van der Waals surface area (Å²) in [6.45, 7) is 6.62. The van der Waals surface area contributed by atoms with Gasteiger partial charge in [0.25, 0.3) is 0 Å². The van der Waals surface area contributed by atoms with E-state index in [2.05, 4.69) is 19.9 Å². The Hall–Kier alpha value is -0.380. The first-order valence-electron chi connectivity index (χ1n) is 13.0. The molecule has 5 aliphatic rings. The summed E-state index contributed by atoms with van der Waals surface area (Å²) in [5.41, 5.74) is 1.99. The van der Waals surface area contributed by atoms with Crippen LogP contribution >= 0.6 is 0 Å². The second-order valence-electron chi connectivity index (χ2n) is 12.2. The standard InChI is InChI=1S/C27H44O3/c1-25-13-10-24-22(7-5-20-18-21(28)9-12-26(20,24)2)23(25)8-6-19(25)4-3-11-27(29)14-16-30-17-15-27/h5,19,21-24,28-29H,3-4,6-18H2,1-2H3. The Bertz CT molecular complexity index is 665. The van der Waals surface area contributed by atoms with Gasteiger partial charge in [0.2, 0.25) is 0 Å². The lowest BCUT2D eigenvalue weighted by Gasteiger charge is -2.58. The van der Waals surface area contributed by atoms with E-state index in [0.29, 0.717) is 10.8 Å². The number of rotatable bonds is 4. The summed E-state index contributed by atoms with van der Waals surface area (Å²) in [5.74, 6) is 3.43. The van der Waals surface area contributed by atoms with Gasteiger partial charge in [-0.1, -0.05) is 31.9 Å². The van der Waals surface area contributed by atoms with Crippen LogP contribution in [0, 0.1) is 34.5 Å². The van der Waals surface area contributed by atoms with Crippen molar-refractivity contribution in [3.63, 3.8) is 0 Å². The van der Waals surface area contributed by atoms with Crippen LogP contribution < -0.4 is 0 Å². The quantitative estimate of drug-likeness (QED) is 0.583. The lowest BCUT2D eigenvalue weighted by Crippen LogP contribution is -2.50. The zero-order valence-electron chi connectivity index (χ0n) is 19.4. The highest BCUT2D eigenvalue weighted by Crippen LogP contribution is 2.66. The molecule has 5 rings (SSSR count). The third kappa shape index (κ3) is 3.52. The first-order valence-corrected chi connectivity index (χ1v) is 13.0. The monoisotopic (exact) mass is 416 g/mol. The number of hydrogen-bond donors (Lipinski definition) is 2. The SMILES string of the molecule is CC12CCC(O)CC1=CCC1C2CCC2(C)C(CCCC3(O)CCOCC3)CCC12. The van der Waals surface area contributed by atoms with E-state index in [9.17, 15) is 10.2 Å². The predicted molar refractivity (Wildman–Crippen MR) is 120 cm³/mol. The fourth-order valence-corrected chi connectivity index (χ4v) is 8.90. The van der Waals surface area contributed by atoms with Crippen molar-refractivity contribution in [3.05, 3.63) is 11.6 Å². The highest BCUT2D eigenvalue weighted by molar-refractivity contribution is 5.25. The van der Waals surface area contributed by atoms with E-state index < -0.39 is 5.60 Å². The van der Waals surface area contributed by atoms with Crippen molar-refractivity contribution in [3.8, 4) is 0 Å². The molecule has 170 valence electrons. The molecule has 3 saturated carbocycles. The molecule has 0 radical (unpaired) electrons. The van der Waals surface area contributed by atoms with Gasteiger partial charge in [-0.3, -0.25) is 0 Å². The number of aliphatic hydroxyl groups excluding tert-OH is 1. The maximum absolute atomic E-state index is 10.8. The van der Waals surface area contributed by atoms with Crippen LogP contribution in [0.4, 0.5) is 0 Å². The van der Waals surface area contributed by atoms with Crippen molar-refractivity contribution in [2.45, 2.75) is 109 Å². The molecule has 4 fully saturated rings. The van der Waals surface area contributed by atoms with Gasteiger partial charge in [-0.2, -0.15) is 0 Å². The van der Waals surface area contributed by atoms with Crippen molar-refractivity contribution < 1.29 is 14.9 Å². The molecule has 7 unspecified atom stereocenters. The Morgan fingerprint density at radius 3 is 2.60 bits per heavy atom. The molecule has 0 aromatic carbocycles. The van der Waals surface area contributed by atoms with Crippen molar-refractivity contribution >= 4 is 0 Å². The van der Waals surface area contributed by atoms with Crippen LogP contribution in [0.25, 0.3) is 0 Å². The molecule has 4 aliphatic carbocycles. The zero-order chi connectivity index (χ0) is 21.0. The lowest BCUT2D eigenvalue weighted by molar-refractivity contribution is -0.0722. The van der Waals surface area contributed by atoms with Crippen LogP contribution in [0.3, 0.4) is 0 Å². The first kappa shape index (κ1) is 21.5. The first-order chi connectivity index (χ1) is 14.3. The van der Waals surface area contributed by atoms with E-state index in [4.69, 9.17) is 4.74 Å². The van der Waals surface area contributed by atoms with E-state index >= 15 is 0 Å².